The highest BCUT2D eigenvalue weighted by atomic mass is 35.5. The summed E-state index contributed by atoms with van der Waals surface area (Å²) in [4.78, 5) is 14.9. The zero-order valence-corrected chi connectivity index (χ0v) is 14.1. The number of benzene rings is 1. The van der Waals surface area contributed by atoms with Gasteiger partial charge in [0.25, 0.3) is 0 Å². The van der Waals surface area contributed by atoms with E-state index in [1.165, 1.54) is 31.4 Å². The van der Waals surface area contributed by atoms with Gasteiger partial charge in [-0.05, 0) is 18.2 Å². The fourth-order valence-corrected chi connectivity index (χ4v) is 2.36. The molecule has 6 nitrogen and oxygen atoms in total. The lowest BCUT2D eigenvalue weighted by Crippen LogP contribution is -2.02. The van der Waals surface area contributed by atoms with Gasteiger partial charge in [-0.15, -0.1) is 0 Å². The van der Waals surface area contributed by atoms with E-state index in [1.54, 1.807) is 0 Å². The molecule has 0 atom stereocenters. The summed E-state index contributed by atoms with van der Waals surface area (Å²) >= 11 is 12.1. The Morgan fingerprint density at radius 3 is 2.71 bits per heavy atom. The first-order valence-electron chi connectivity index (χ1n) is 6.76. The highest BCUT2D eigenvalue weighted by molar-refractivity contribution is 6.33. The van der Waals surface area contributed by atoms with Crippen molar-refractivity contribution < 1.29 is 19.4 Å². The first kappa shape index (κ1) is 17.9. The van der Waals surface area contributed by atoms with Crippen LogP contribution in [0.3, 0.4) is 0 Å². The summed E-state index contributed by atoms with van der Waals surface area (Å²) < 4.78 is 10.8. The van der Waals surface area contributed by atoms with Crippen molar-refractivity contribution in [2.75, 3.05) is 7.11 Å². The van der Waals surface area contributed by atoms with Crippen LogP contribution in [-0.2, 0) is 11.2 Å². The van der Waals surface area contributed by atoms with Gasteiger partial charge in [-0.3, -0.25) is 4.79 Å². The van der Waals surface area contributed by atoms with Crippen LogP contribution in [0.4, 0.5) is 0 Å². The number of nitrogens with zero attached hydrogens (tertiary/aromatic N) is 2. The molecule has 0 aliphatic heterocycles. The number of aryl methyl sites for hydroxylation is 1. The number of rotatable bonds is 6. The van der Waals surface area contributed by atoms with E-state index >= 15 is 0 Å². The molecule has 0 amide bonds. The molecule has 2 rings (SSSR count). The molecule has 0 spiro atoms. The molecule has 0 bridgehead atoms. The SMILES string of the molecule is COc1nc(CCC(=O)O)cc(Oc2cc(Cl)cc(C#N)c2)c1Cl. The molecule has 1 aromatic heterocycles. The first-order chi connectivity index (χ1) is 11.4. The quantitative estimate of drug-likeness (QED) is 0.827. The predicted molar refractivity (Wildman–Crippen MR) is 88.0 cm³/mol. The van der Waals surface area contributed by atoms with Gasteiger partial charge < -0.3 is 14.6 Å². The molecule has 0 aliphatic rings. The lowest BCUT2D eigenvalue weighted by molar-refractivity contribution is -0.136. The predicted octanol–water partition coefficient (Wildman–Crippen LogP) is 4.08. The number of carboxylic acid groups (broad SMARTS) is 1. The van der Waals surface area contributed by atoms with Gasteiger partial charge in [-0.25, -0.2) is 4.98 Å². The molecule has 0 aliphatic carbocycles. The lowest BCUT2D eigenvalue weighted by atomic mass is 10.2. The number of carbonyl (C=O) groups is 1. The van der Waals surface area contributed by atoms with E-state index < -0.39 is 5.97 Å². The highest BCUT2D eigenvalue weighted by Crippen LogP contribution is 2.37. The summed E-state index contributed by atoms with van der Waals surface area (Å²) in [7, 11) is 1.39. The van der Waals surface area contributed by atoms with E-state index in [0.29, 0.717) is 22.0 Å². The summed E-state index contributed by atoms with van der Waals surface area (Å²) in [6.07, 6.45) is 0.102. The lowest BCUT2D eigenvalue weighted by Gasteiger charge is -2.12. The second kappa shape index (κ2) is 7.86. The van der Waals surface area contributed by atoms with Crippen molar-refractivity contribution >= 4 is 29.2 Å². The number of ether oxygens (including phenoxy) is 2. The van der Waals surface area contributed by atoms with E-state index in [9.17, 15) is 4.79 Å². The number of halogens is 2. The molecule has 8 heteroatoms. The molecule has 0 fully saturated rings. The average molecular weight is 367 g/mol. The van der Waals surface area contributed by atoms with Crippen LogP contribution in [0.25, 0.3) is 0 Å². The topological polar surface area (TPSA) is 92.4 Å². The Kier molecular flexibility index (Phi) is 5.85. The molecular formula is C16H12Cl2N2O4. The number of carboxylic acids is 1. The van der Waals surface area contributed by atoms with Crippen LogP contribution < -0.4 is 9.47 Å². The minimum absolute atomic E-state index is 0.0903. The summed E-state index contributed by atoms with van der Waals surface area (Å²) in [5, 5.41) is 18.2. The van der Waals surface area contributed by atoms with Crippen molar-refractivity contribution in [3.8, 4) is 23.4 Å². The summed E-state index contributed by atoms with van der Waals surface area (Å²) in [5.74, 6) is -0.271. The van der Waals surface area contributed by atoms with Crippen LogP contribution in [-0.4, -0.2) is 23.2 Å². The zero-order chi connectivity index (χ0) is 17.7. The molecule has 1 heterocycles. The Hall–Kier alpha value is -2.49. The third-order valence-electron chi connectivity index (χ3n) is 2.96. The fourth-order valence-electron chi connectivity index (χ4n) is 1.92. The number of methoxy groups -OCH3 is 1. The number of nitriles is 1. The summed E-state index contributed by atoms with van der Waals surface area (Å²) in [6, 6.07) is 8.04. The molecule has 0 saturated carbocycles. The molecule has 2 aromatic rings. The van der Waals surface area contributed by atoms with Gasteiger partial charge in [0.05, 0.1) is 25.2 Å². The van der Waals surface area contributed by atoms with Crippen molar-refractivity contribution in [2.24, 2.45) is 0 Å². The normalized spacial score (nSPS) is 10.1. The van der Waals surface area contributed by atoms with Crippen LogP contribution >= 0.6 is 23.2 Å². The largest absolute Gasteiger partial charge is 0.481 e. The maximum atomic E-state index is 10.7. The van der Waals surface area contributed by atoms with Crippen molar-refractivity contribution in [1.29, 1.82) is 5.26 Å². The molecular weight excluding hydrogens is 355 g/mol. The summed E-state index contributed by atoms with van der Waals surface area (Å²) in [6.45, 7) is 0. The van der Waals surface area contributed by atoms with Gasteiger partial charge in [0, 0.05) is 23.2 Å². The average Bonchev–Trinajstić information content (AvgIpc) is 2.54. The van der Waals surface area contributed by atoms with E-state index in [1.807, 2.05) is 6.07 Å². The van der Waals surface area contributed by atoms with E-state index in [0.717, 1.165) is 0 Å². The smallest absolute Gasteiger partial charge is 0.303 e. The summed E-state index contributed by atoms with van der Waals surface area (Å²) in [5.41, 5.74) is 0.789. The third-order valence-corrected chi connectivity index (χ3v) is 3.53. The Labute approximate surface area is 148 Å². The Bertz CT molecular complexity index is 818. The molecule has 0 unspecified atom stereocenters. The van der Waals surface area contributed by atoms with Crippen molar-refractivity contribution in [1.82, 2.24) is 4.98 Å². The number of hydrogen-bond donors (Lipinski definition) is 1. The molecule has 0 saturated heterocycles. The van der Waals surface area contributed by atoms with Crippen molar-refractivity contribution in [3.63, 3.8) is 0 Å². The van der Waals surface area contributed by atoms with Crippen molar-refractivity contribution in [2.45, 2.75) is 12.8 Å². The second-order valence-corrected chi connectivity index (χ2v) is 5.53. The Morgan fingerprint density at radius 1 is 1.33 bits per heavy atom. The molecule has 24 heavy (non-hydrogen) atoms. The Morgan fingerprint density at radius 2 is 2.08 bits per heavy atom. The molecule has 0 radical (unpaired) electrons. The van der Waals surface area contributed by atoms with E-state index in [4.69, 9.17) is 43.0 Å². The molecule has 1 aromatic carbocycles. The molecule has 124 valence electrons. The van der Waals surface area contributed by atoms with Crippen LogP contribution in [0.2, 0.25) is 10.0 Å². The van der Waals surface area contributed by atoms with Crippen LogP contribution in [0.5, 0.6) is 17.4 Å². The monoisotopic (exact) mass is 366 g/mol. The van der Waals surface area contributed by atoms with Gasteiger partial charge in [-0.1, -0.05) is 23.2 Å². The minimum Gasteiger partial charge on any atom is -0.481 e. The van der Waals surface area contributed by atoms with Gasteiger partial charge in [0.1, 0.15) is 10.8 Å². The van der Waals surface area contributed by atoms with Crippen molar-refractivity contribution in [3.05, 3.63) is 45.6 Å². The van der Waals surface area contributed by atoms with Crippen LogP contribution in [0.15, 0.2) is 24.3 Å². The zero-order valence-electron chi connectivity index (χ0n) is 12.5. The van der Waals surface area contributed by atoms with Gasteiger partial charge in [0.2, 0.25) is 5.88 Å². The number of hydrogen-bond acceptors (Lipinski definition) is 5. The van der Waals surface area contributed by atoms with Gasteiger partial charge >= 0.3 is 5.97 Å². The first-order valence-corrected chi connectivity index (χ1v) is 7.52. The number of pyridine rings is 1. The molecule has 1 N–H and O–H groups in total. The fraction of sp³-hybridized carbons (Fsp3) is 0.188. The number of aromatic nitrogens is 1. The number of aliphatic carboxylic acids is 1. The standard InChI is InChI=1S/C16H12Cl2N2O4/c1-23-16-15(18)13(7-11(20-16)2-3-14(21)22)24-12-5-9(8-19)4-10(17)6-12/h4-7H,2-3H2,1H3,(H,21,22). The van der Waals surface area contributed by atoms with Crippen LogP contribution in [0, 0.1) is 11.3 Å². The third kappa shape index (κ3) is 4.51. The maximum Gasteiger partial charge on any atom is 0.303 e. The van der Waals surface area contributed by atoms with Gasteiger partial charge in [0.15, 0.2) is 5.75 Å². The van der Waals surface area contributed by atoms with E-state index in [-0.39, 0.29) is 29.5 Å². The van der Waals surface area contributed by atoms with Crippen LogP contribution in [0.1, 0.15) is 17.7 Å². The highest BCUT2D eigenvalue weighted by Gasteiger charge is 2.15. The van der Waals surface area contributed by atoms with E-state index in [2.05, 4.69) is 4.98 Å². The second-order valence-electron chi connectivity index (χ2n) is 4.72. The maximum absolute atomic E-state index is 10.7. The minimum atomic E-state index is -0.943. The van der Waals surface area contributed by atoms with Gasteiger partial charge in [-0.2, -0.15) is 5.26 Å². The Balaban J connectivity index is 2.38.